The summed E-state index contributed by atoms with van der Waals surface area (Å²) in [6, 6.07) is 0.977. The minimum Gasteiger partial charge on any atom is -0.337 e. The molecule has 3 aliphatic rings. The maximum Gasteiger partial charge on any atom is 0.224 e. The summed E-state index contributed by atoms with van der Waals surface area (Å²) in [4.78, 5) is 14.8. The van der Waals surface area contributed by atoms with Gasteiger partial charge in [0.25, 0.3) is 0 Å². The predicted molar refractivity (Wildman–Crippen MR) is 115 cm³/mol. The van der Waals surface area contributed by atoms with Gasteiger partial charge >= 0.3 is 0 Å². The van der Waals surface area contributed by atoms with Gasteiger partial charge < -0.3 is 10.6 Å². The molecule has 32 heavy (non-hydrogen) atoms. The highest BCUT2D eigenvalue weighted by molar-refractivity contribution is 7.92. The molecule has 2 heterocycles. The van der Waals surface area contributed by atoms with Crippen LogP contribution in [0.15, 0.2) is 12.1 Å². The Balaban J connectivity index is 1.35. The summed E-state index contributed by atoms with van der Waals surface area (Å²) in [7, 11) is -3.24. The SMILES string of the molecule is NC(Cc1cc(F)c(F)cc1F)C1CC2CCC(C1)N2C(=O)CCS(=O)(=O)C1CCCC1. The lowest BCUT2D eigenvalue weighted by atomic mass is 9.82. The van der Waals surface area contributed by atoms with Crippen molar-refractivity contribution in [2.45, 2.75) is 87.6 Å². The number of rotatable bonds is 7. The molecule has 178 valence electrons. The van der Waals surface area contributed by atoms with Gasteiger partial charge in [-0.15, -0.1) is 0 Å². The van der Waals surface area contributed by atoms with Crippen molar-refractivity contribution in [3.8, 4) is 0 Å². The zero-order valence-electron chi connectivity index (χ0n) is 18.1. The molecule has 5 nitrogen and oxygen atoms in total. The summed E-state index contributed by atoms with van der Waals surface area (Å²) in [6.45, 7) is 0. The monoisotopic (exact) mass is 472 g/mol. The van der Waals surface area contributed by atoms with E-state index in [1.807, 2.05) is 4.90 Å². The highest BCUT2D eigenvalue weighted by atomic mass is 32.2. The van der Waals surface area contributed by atoms with E-state index in [2.05, 4.69) is 0 Å². The fourth-order valence-electron chi connectivity index (χ4n) is 5.89. The fourth-order valence-corrected chi connectivity index (χ4v) is 7.73. The van der Waals surface area contributed by atoms with Crippen molar-refractivity contribution in [2.75, 3.05) is 5.75 Å². The van der Waals surface area contributed by atoms with Crippen molar-refractivity contribution in [3.63, 3.8) is 0 Å². The number of carbonyl (C=O) groups is 1. The number of halogens is 3. The second-order valence-electron chi connectivity index (χ2n) is 9.67. The van der Waals surface area contributed by atoms with E-state index < -0.39 is 33.3 Å². The first-order valence-electron chi connectivity index (χ1n) is 11.6. The summed E-state index contributed by atoms with van der Waals surface area (Å²) < 4.78 is 65.8. The lowest BCUT2D eigenvalue weighted by Gasteiger charge is -2.41. The van der Waals surface area contributed by atoms with Gasteiger partial charge in [0.2, 0.25) is 5.91 Å². The highest BCUT2D eigenvalue weighted by Gasteiger charge is 2.44. The number of amides is 1. The number of carbonyl (C=O) groups excluding carboxylic acids is 1. The third-order valence-corrected chi connectivity index (χ3v) is 9.88. The maximum atomic E-state index is 14.0. The molecule has 1 aromatic carbocycles. The second kappa shape index (κ2) is 9.33. The smallest absolute Gasteiger partial charge is 0.224 e. The molecule has 1 amide bonds. The Morgan fingerprint density at radius 2 is 1.59 bits per heavy atom. The molecule has 4 rings (SSSR count). The van der Waals surface area contributed by atoms with Crippen molar-refractivity contribution in [2.24, 2.45) is 11.7 Å². The van der Waals surface area contributed by atoms with Gasteiger partial charge in [0.05, 0.1) is 11.0 Å². The number of piperidine rings is 1. The van der Waals surface area contributed by atoms with Crippen LogP contribution in [0.4, 0.5) is 13.2 Å². The third kappa shape index (κ3) is 4.83. The molecule has 2 N–H and O–H groups in total. The van der Waals surface area contributed by atoms with Gasteiger partial charge in [-0.25, -0.2) is 21.6 Å². The van der Waals surface area contributed by atoms with E-state index in [0.717, 1.165) is 31.7 Å². The van der Waals surface area contributed by atoms with Crippen LogP contribution in [0.5, 0.6) is 0 Å². The van der Waals surface area contributed by atoms with Gasteiger partial charge in [0.1, 0.15) is 5.82 Å². The van der Waals surface area contributed by atoms with Gasteiger partial charge in [-0.3, -0.25) is 4.79 Å². The van der Waals surface area contributed by atoms with Gasteiger partial charge in [-0.05, 0) is 62.5 Å². The van der Waals surface area contributed by atoms with Crippen molar-refractivity contribution in [3.05, 3.63) is 35.1 Å². The molecule has 3 atom stereocenters. The molecule has 1 saturated carbocycles. The van der Waals surface area contributed by atoms with Crippen LogP contribution in [-0.2, 0) is 21.1 Å². The Labute approximate surface area is 187 Å². The zero-order valence-corrected chi connectivity index (χ0v) is 18.9. The minimum absolute atomic E-state index is 0.00119. The number of nitrogens with zero attached hydrogens (tertiary/aromatic N) is 1. The van der Waals surface area contributed by atoms with E-state index in [0.29, 0.717) is 31.7 Å². The molecule has 1 aliphatic carbocycles. The van der Waals surface area contributed by atoms with Crippen LogP contribution in [0.25, 0.3) is 0 Å². The molecule has 1 aromatic rings. The number of hydrogen-bond donors (Lipinski definition) is 1. The lowest BCUT2D eigenvalue weighted by Crippen LogP contribution is -2.50. The molecule has 0 aromatic heterocycles. The molecule has 0 spiro atoms. The summed E-state index contributed by atoms with van der Waals surface area (Å²) in [5, 5.41) is -0.299. The Morgan fingerprint density at radius 3 is 2.22 bits per heavy atom. The maximum absolute atomic E-state index is 14.0. The lowest BCUT2D eigenvalue weighted by molar-refractivity contribution is -0.136. The average molecular weight is 473 g/mol. The number of sulfone groups is 1. The van der Waals surface area contributed by atoms with Crippen LogP contribution >= 0.6 is 0 Å². The molecule has 2 saturated heterocycles. The quantitative estimate of drug-likeness (QED) is 0.616. The van der Waals surface area contributed by atoms with E-state index in [9.17, 15) is 26.4 Å². The van der Waals surface area contributed by atoms with Crippen LogP contribution in [0.1, 0.15) is 63.4 Å². The zero-order chi connectivity index (χ0) is 23.0. The molecule has 2 bridgehead atoms. The number of hydrogen-bond acceptors (Lipinski definition) is 4. The molecule has 0 radical (unpaired) electrons. The van der Waals surface area contributed by atoms with Gasteiger partial charge in [-0.2, -0.15) is 0 Å². The summed E-state index contributed by atoms with van der Waals surface area (Å²) in [5.74, 6) is -3.30. The molecule has 3 fully saturated rings. The van der Waals surface area contributed by atoms with E-state index >= 15 is 0 Å². The van der Waals surface area contributed by atoms with E-state index in [1.54, 1.807) is 0 Å². The van der Waals surface area contributed by atoms with Crippen LogP contribution in [0.3, 0.4) is 0 Å². The summed E-state index contributed by atoms with van der Waals surface area (Å²) in [5.41, 5.74) is 6.39. The van der Waals surface area contributed by atoms with Crippen LogP contribution in [0.2, 0.25) is 0 Å². The minimum atomic E-state index is -3.24. The summed E-state index contributed by atoms with van der Waals surface area (Å²) in [6.07, 6.45) is 6.38. The first-order chi connectivity index (χ1) is 15.2. The van der Waals surface area contributed by atoms with E-state index in [4.69, 9.17) is 5.73 Å². The Kier molecular flexibility index (Phi) is 6.86. The van der Waals surface area contributed by atoms with Gasteiger partial charge in [-0.1, -0.05) is 12.8 Å². The predicted octanol–water partition coefficient (Wildman–Crippen LogP) is 3.49. The largest absolute Gasteiger partial charge is 0.337 e. The van der Waals surface area contributed by atoms with Crippen LogP contribution in [-0.4, -0.2) is 48.4 Å². The first-order valence-corrected chi connectivity index (χ1v) is 13.3. The Morgan fingerprint density at radius 1 is 1.00 bits per heavy atom. The molecular formula is C23H31F3N2O3S. The van der Waals surface area contributed by atoms with Gasteiger partial charge in [0.15, 0.2) is 21.5 Å². The van der Waals surface area contributed by atoms with E-state index in [-0.39, 0.29) is 53.3 Å². The standard InChI is InChI=1S/C23H31F3N2O3S/c24-19-13-21(26)20(25)11-14(19)12-22(27)15-9-16-5-6-17(10-15)28(16)23(29)7-8-32(30,31)18-3-1-2-4-18/h11,13,15-18,22H,1-10,12,27H2. The van der Waals surface area contributed by atoms with Gasteiger partial charge in [0, 0.05) is 30.6 Å². The number of nitrogens with two attached hydrogens (primary N) is 1. The Bertz CT molecular complexity index is 951. The molecule has 9 heteroatoms. The first kappa shape index (κ1) is 23.5. The molecule has 2 aliphatic heterocycles. The topological polar surface area (TPSA) is 80.5 Å². The normalized spacial score (nSPS) is 27.1. The van der Waals surface area contributed by atoms with Crippen LogP contribution < -0.4 is 5.73 Å². The third-order valence-electron chi connectivity index (χ3n) is 7.62. The highest BCUT2D eigenvalue weighted by Crippen LogP contribution is 2.40. The van der Waals surface area contributed by atoms with Crippen LogP contribution in [0, 0.1) is 23.4 Å². The van der Waals surface area contributed by atoms with E-state index in [1.165, 1.54) is 0 Å². The second-order valence-corrected chi connectivity index (χ2v) is 12.1. The summed E-state index contributed by atoms with van der Waals surface area (Å²) >= 11 is 0. The number of benzene rings is 1. The average Bonchev–Trinajstić information content (AvgIpc) is 3.37. The van der Waals surface area contributed by atoms with Crippen molar-refractivity contribution in [1.29, 1.82) is 0 Å². The van der Waals surface area contributed by atoms with Crippen molar-refractivity contribution in [1.82, 2.24) is 4.90 Å². The molecule has 3 unspecified atom stereocenters. The molecular weight excluding hydrogens is 441 g/mol. The van der Waals surface area contributed by atoms with Crippen molar-refractivity contribution < 1.29 is 26.4 Å². The number of fused-ring (bicyclic) bond motifs is 2. The Hall–Kier alpha value is -1.61. The fraction of sp³-hybridized carbons (Fsp3) is 0.696. The van der Waals surface area contributed by atoms with Crippen molar-refractivity contribution >= 4 is 15.7 Å².